The molecule has 0 unspecified atom stereocenters. The first-order valence-corrected chi connectivity index (χ1v) is 32.8. The van der Waals surface area contributed by atoms with Crippen LogP contribution >= 0.6 is 0 Å². The zero-order valence-corrected chi connectivity index (χ0v) is 55.8. The summed E-state index contributed by atoms with van der Waals surface area (Å²) in [6, 6.07) is 128. The number of benzene rings is 12. The van der Waals surface area contributed by atoms with Crippen LogP contribution in [0.5, 0.6) is 0 Å². The molecule has 3 aromatic heterocycles. The quantitative estimate of drug-likeness (QED) is 0.0960. The smallest absolute Gasteiger partial charge is 0.0160 e. The van der Waals surface area contributed by atoms with Crippen LogP contribution in [-0.2, 0) is 20.1 Å². The van der Waals surface area contributed by atoms with Crippen LogP contribution in [0.1, 0.15) is 16.7 Å². The van der Waals surface area contributed by atoms with Crippen LogP contribution in [-0.4, -0.2) is 15.0 Å². The summed E-state index contributed by atoms with van der Waals surface area (Å²) < 4.78 is 0. The maximum atomic E-state index is 4.83. The van der Waals surface area contributed by atoms with Gasteiger partial charge in [0.2, 0.25) is 0 Å². The summed E-state index contributed by atoms with van der Waals surface area (Å²) in [5.74, 6) is 0. The minimum Gasteiger partial charge on any atom is -0.305 e. The first-order valence-electron chi connectivity index (χ1n) is 32.8. The third-order valence-corrected chi connectivity index (χ3v) is 18.2. The Morgan fingerprint density at radius 1 is 0.224 bits per heavy atom. The van der Waals surface area contributed by atoms with E-state index in [4.69, 9.17) is 15.0 Å². The standard InChI is InChI=1S/C94H61N3.Ir/c1-4-25-65(26-5-1)68-31-22-34-71(57-68)89-62-76(92-43-16-19-54-95-92)48-51-86(89)83-40-13-10-37-80(83)74-46-47-75(81-38-11-14-41-84(81)87-52-49-77(93-44-17-20-55-96-93)63-90(87)72-35-23-32-69(58-72)66-27-6-2-7-28-66)61-79(60-74)82-39-12-15-42-85(82)88-53-50-78(94-45-18-21-56-97-94)64-91(88)73-36-24-33-70(59-73)67-29-8-3-9-30-67;/h1-47,51-64H;/q-4;. The van der Waals surface area contributed by atoms with Crippen LogP contribution in [0.15, 0.2) is 364 Å². The fraction of sp³-hybridized carbons (Fsp3) is 0. The Morgan fingerprint density at radius 2 is 0.531 bits per heavy atom. The Kier molecular flexibility index (Phi) is 18.0. The summed E-state index contributed by atoms with van der Waals surface area (Å²) >= 11 is 0. The van der Waals surface area contributed by atoms with Crippen LogP contribution < -0.4 is 0 Å². The van der Waals surface area contributed by atoms with E-state index < -0.39 is 0 Å². The monoisotopic (exact) mass is 1420 g/mol. The molecule has 0 atom stereocenters. The summed E-state index contributed by atoms with van der Waals surface area (Å²) in [4.78, 5) is 14.5. The van der Waals surface area contributed by atoms with Gasteiger partial charge in [0.05, 0.1) is 0 Å². The van der Waals surface area contributed by atoms with Gasteiger partial charge in [-0.3, -0.25) is 0 Å². The Hall–Kier alpha value is -12.2. The van der Waals surface area contributed by atoms with E-state index in [-0.39, 0.29) is 20.1 Å². The van der Waals surface area contributed by atoms with E-state index in [0.29, 0.717) is 0 Å². The van der Waals surface area contributed by atoms with Crippen LogP contribution in [0.25, 0.3) is 151 Å². The number of hydrogen-bond donors (Lipinski definition) is 0. The molecule has 0 amide bonds. The average Bonchev–Trinajstić information content (AvgIpc) is 1.11. The van der Waals surface area contributed by atoms with Crippen molar-refractivity contribution in [2.24, 2.45) is 0 Å². The molecule has 98 heavy (non-hydrogen) atoms. The molecular formula is C94H61IrN3-4. The minimum absolute atomic E-state index is 0. The number of pyridine rings is 3. The van der Waals surface area contributed by atoms with Gasteiger partial charge in [0, 0.05) is 38.7 Å². The van der Waals surface area contributed by atoms with Crippen LogP contribution in [0.4, 0.5) is 0 Å². The van der Waals surface area contributed by atoms with E-state index in [0.717, 1.165) is 167 Å². The molecular weight excluding hydrogens is 1360 g/mol. The zero-order chi connectivity index (χ0) is 64.7. The maximum Gasteiger partial charge on any atom is 0.0160 e. The summed E-state index contributed by atoms with van der Waals surface area (Å²) in [7, 11) is 0. The van der Waals surface area contributed by atoms with Gasteiger partial charge in [-0.1, -0.05) is 322 Å². The second-order valence-electron chi connectivity index (χ2n) is 24.1. The number of allylic oxidation sites excluding steroid dienone is 6. The fourth-order valence-electron chi connectivity index (χ4n) is 13.4. The predicted octanol–water partition coefficient (Wildman–Crippen LogP) is 24.0. The Bertz CT molecular complexity index is 5450. The van der Waals surface area contributed by atoms with Crippen molar-refractivity contribution in [1.82, 2.24) is 15.0 Å². The molecule has 3 heterocycles. The number of nitrogens with zero attached hydrogens (tertiary/aromatic N) is 3. The third-order valence-electron chi connectivity index (χ3n) is 18.2. The van der Waals surface area contributed by atoms with Gasteiger partial charge < -0.3 is 15.0 Å². The molecule has 15 aromatic rings. The Labute approximate surface area is 587 Å². The molecule has 0 saturated heterocycles. The topological polar surface area (TPSA) is 38.7 Å². The predicted molar refractivity (Wildman–Crippen MR) is 403 cm³/mol. The van der Waals surface area contributed by atoms with Gasteiger partial charge >= 0.3 is 0 Å². The van der Waals surface area contributed by atoms with Crippen LogP contribution in [0.3, 0.4) is 0 Å². The summed E-state index contributed by atoms with van der Waals surface area (Å²) in [6.07, 6.45) is 15.0. The average molecular weight is 1420 g/mol. The molecule has 0 saturated carbocycles. The van der Waals surface area contributed by atoms with Gasteiger partial charge in [-0.25, -0.2) is 0 Å². The molecule has 1 aliphatic rings. The van der Waals surface area contributed by atoms with Gasteiger partial charge in [-0.15, -0.1) is 107 Å². The third kappa shape index (κ3) is 12.9. The molecule has 0 fully saturated rings. The molecule has 1 aliphatic carbocycles. The van der Waals surface area contributed by atoms with Crippen LogP contribution in [0, 0.1) is 24.6 Å². The van der Waals surface area contributed by atoms with Gasteiger partial charge in [0.15, 0.2) is 0 Å². The van der Waals surface area contributed by atoms with Crippen molar-refractivity contribution < 1.29 is 20.1 Å². The van der Waals surface area contributed by atoms with Crippen molar-refractivity contribution in [3.8, 4) is 134 Å². The van der Waals surface area contributed by atoms with Gasteiger partial charge in [0.1, 0.15) is 0 Å². The summed E-state index contributed by atoms with van der Waals surface area (Å²) in [6.45, 7) is 0. The van der Waals surface area contributed by atoms with Crippen molar-refractivity contribution in [3.63, 3.8) is 0 Å². The molecule has 0 aliphatic heterocycles. The van der Waals surface area contributed by atoms with E-state index in [1.54, 1.807) is 0 Å². The van der Waals surface area contributed by atoms with E-state index >= 15 is 0 Å². The minimum atomic E-state index is 0. The molecule has 465 valence electrons. The van der Waals surface area contributed by atoms with Gasteiger partial charge in [0.25, 0.3) is 0 Å². The first kappa shape index (κ1) is 62.0. The molecule has 0 bridgehead atoms. The fourth-order valence-corrected chi connectivity index (χ4v) is 13.4. The number of rotatable bonds is 15. The van der Waals surface area contributed by atoms with E-state index in [2.05, 4.69) is 334 Å². The Balaban J connectivity index is 0.00000784. The number of hydrogen-bond acceptors (Lipinski definition) is 3. The SMILES string of the molecule is [Ir].[c-]1cc(-c2ccccc2C2=C[CH-]C(c3ccccc3-c3c[c-]c(-c4ccccn4)cc3-c3cccc(-c4ccccc4)c3)=CC(c3ccccc3-c3c[c-]c(-c4ccccn4)cc3-c3cccc(-c4ccccc4)c3)=C2)c(-c2cccc(-c3ccccc3)c2)cc1-c1ccccn1. The number of aromatic nitrogens is 3. The maximum absolute atomic E-state index is 4.83. The molecule has 16 rings (SSSR count). The second-order valence-corrected chi connectivity index (χ2v) is 24.1. The summed E-state index contributed by atoms with van der Waals surface area (Å²) in [5, 5.41) is 0. The molecule has 3 nitrogen and oxygen atoms in total. The first-order chi connectivity index (χ1) is 48.1. The molecule has 0 spiro atoms. The van der Waals surface area contributed by atoms with Gasteiger partial charge in [-0.2, -0.15) is 0 Å². The molecule has 12 aromatic carbocycles. The normalized spacial score (nSPS) is 11.9. The molecule has 0 N–H and O–H groups in total. The summed E-state index contributed by atoms with van der Waals surface area (Å²) in [5.41, 5.74) is 31.4. The van der Waals surface area contributed by atoms with E-state index in [1.165, 1.54) is 0 Å². The van der Waals surface area contributed by atoms with E-state index in [1.807, 2.05) is 55.0 Å². The zero-order valence-electron chi connectivity index (χ0n) is 53.4. The van der Waals surface area contributed by atoms with Crippen molar-refractivity contribution in [3.05, 3.63) is 406 Å². The largest absolute Gasteiger partial charge is 0.305 e. The van der Waals surface area contributed by atoms with Crippen LogP contribution in [0.2, 0.25) is 0 Å². The second kappa shape index (κ2) is 28.4. The van der Waals surface area contributed by atoms with Crippen molar-refractivity contribution >= 4 is 16.7 Å². The van der Waals surface area contributed by atoms with Crippen molar-refractivity contribution in [2.75, 3.05) is 0 Å². The van der Waals surface area contributed by atoms with E-state index in [9.17, 15) is 0 Å². The van der Waals surface area contributed by atoms with Crippen molar-refractivity contribution in [2.45, 2.75) is 0 Å². The van der Waals surface area contributed by atoms with Gasteiger partial charge in [-0.05, 0) is 109 Å². The molecule has 1 radical (unpaired) electrons. The molecule has 4 heteroatoms. The Morgan fingerprint density at radius 3 is 0.898 bits per heavy atom. The van der Waals surface area contributed by atoms with Crippen molar-refractivity contribution in [1.29, 1.82) is 0 Å².